The van der Waals surface area contributed by atoms with Crippen molar-refractivity contribution in [3.63, 3.8) is 0 Å². The van der Waals surface area contributed by atoms with Crippen LogP contribution in [0.5, 0.6) is 0 Å². The molecule has 0 bridgehead atoms. The van der Waals surface area contributed by atoms with Gasteiger partial charge in [-0.2, -0.15) is 0 Å². The minimum absolute atomic E-state index is 0.495. The smallest absolute Gasteiger partial charge is 0.247 e. The monoisotopic (exact) mass is 286 g/mol. The number of nitrogens with zero attached hydrogens (tertiary/aromatic N) is 3. The van der Waals surface area contributed by atoms with Gasteiger partial charge in [0.2, 0.25) is 12.3 Å². The largest absolute Gasteiger partial charge is 0.423 e. The first-order valence-electron chi connectivity index (χ1n) is 7.47. The fourth-order valence-electron chi connectivity index (χ4n) is 3.00. The highest BCUT2D eigenvalue weighted by molar-refractivity contribution is 5.61. The summed E-state index contributed by atoms with van der Waals surface area (Å²) in [5.41, 5.74) is 2.06. The van der Waals surface area contributed by atoms with Crippen LogP contribution in [-0.2, 0) is 0 Å². The van der Waals surface area contributed by atoms with E-state index in [0.29, 0.717) is 23.9 Å². The third-order valence-corrected chi connectivity index (χ3v) is 4.43. The third kappa shape index (κ3) is 3.08. The summed E-state index contributed by atoms with van der Waals surface area (Å²) < 4.78 is 5.26. The van der Waals surface area contributed by atoms with E-state index < -0.39 is 0 Å². The normalized spacial score (nSPS) is 26.7. The lowest BCUT2D eigenvalue weighted by molar-refractivity contribution is 0.145. The first-order chi connectivity index (χ1) is 10.1. The van der Waals surface area contributed by atoms with E-state index in [2.05, 4.69) is 53.4 Å². The molecule has 0 spiro atoms. The van der Waals surface area contributed by atoms with Crippen molar-refractivity contribution in [1.29, 1.82) is 0 Å². The van der Waals surface area contributed by atoms with Crippen LogP contribution in [-0.4, -0.2) is 40.8 Å². The number of benzene rings is 1. The molecule has 1 fully saturated rings. The van der Waals surface area contributed by atoms with Crippen molar-refractivity contribution in [3.05, 3.63) is 30.7 Å². The Hall–Kier alpha value is -1.88. The molecule has 0 amide bonds. The molecule has 0 saturated carbocycles. The molecule has 5 nitrogen and oxygen atoms in total. The molecule has 112 valence electrons. The van der Waals surface area contributed by atoms with Crippen LogP contribution in [0.15, 0.2) is 35.1 Å². The molecule has 1 saturated heterocycles. The Balaban J connectivity index is 1.74. The van der Waals surface area contributed by atoms with E-state index in [-0.39, 0.29) is 0 Å². The zero-order valence-electron chi connectivity index (χ0n) is 12.8. The summed E-state index contributed by atoms with van der Waals surface area (Å²) in [6.07, 6.45) is 2.51. The Labute approximate surface area is 125 Å². The Bertz CT molecular complexity index is 584. The molecule has 3 unspecified atom stereocenters. The van der Waals surface area contributed by atoms with E-state index in [1.165, 1.54) is 6.39 Å². The zero-order valence-corrected chi connectivity index (χ0v) is 12.8. The molecule has 1 aromatic carbocycles. The van der Waals surface area contributed by atoms with Crippen molar-refractivity contribution < 1.29 is 4.42 Å². The van der Waals surface area contributed by atoms with E-state index >= 15 is 0 Å². The molecular formula is C16H22N4O. The average Bonchev–Trinajstić information content (AvgIpc) is 2.99. The lowest BCUT2D eigenvalue weighted by Gasteiger charge is -2.40. The van der Waals surface area contributed by atoms with Gasteiger partial charge in [-0.25, -0.2) is 0 Å². The molecular weight excluding hydrogens is 264 g/mol. The lowest BCUT2D eigenvalue weighted by atomic mass is 9.89. The summed E-state index contributed by atoms with van der Waals surface area (Å²) in [7, 11) is 2.20. The van der Waals surface area contributed by atoms with Gasteiger partial charge in [0.15, 0.2) is 0 Å². The second kappa shape index (κ2) is 5.85. The van der Waals surface area contributed by atoms with Gasteiger partial charge >= 0.3 is 0 Å². The van der Waals surface area contributed by atoms with Crippen LogP contribution in [0.3, 0.4) is 0 Å². The highest BCUT2D eigenvalue weighted by Crippen LogP contribution is 2.26. The molecule has 1 aliphatic heterocycles. The minimum Gasteiger partial charge on any atom is -0.423 e. The number of hydrogen-bond acceptors (Lipinski definition) is 5. The van der Waals surface area contributed by atoms with Crippen LogP contribution in [0.25, 0.3) is 11.5 Å². The number of hydrogen-bond donors (Lipinski definition) is 1. The molecule has 1 N–H and O–H groups in total. The maximum absolute atomic E-state index is 5.26. The second-order valence-corrected chi connectivity index (χ2v) is 6.08. The van der Waals surface area contributed by atoms with Gasteiger partial charge in [0, 0.05) is 29.9 Å². The van der Waals surface area contributed by atoms with Crippen molar-refractivity contribution in [2.45, 2.75) is 32.4 Å². The van der Waals surface area contributed by atoms with Crippen molar-refractivity contribution in [2.75, 3.05) is 18.9 Å². The molecule has 2 aromatic rings. The van der Waals surface area contributed by atoms with Crippen molar-refractivity contribution >= 4 is 5.69 Å². The lowest BCUT2D eigenvalue weighted by Crippen LogP contribution is -2.48. The fraction of sp³-hybridized carbons (Fsp3) is 0.500. The maximum Gasteiger partial charge on any atom is 0.247 e. The van der Waals surface area contributed by atoms with Gasteiger partial charge in [-0.15, -0.1) is 10.2 Å². The van der Waals surface area contributed by atoms with Gasteiger partial charge in [-0.05, 0) is 44.5 Å². The Kier molecular flexibility index (Phi) is 3.92. The van der Waals surface area contributed by atoms with Gasteiger partial charge in [0.1, 0.15) is 0 Å². The quantitative estimate of drug-likeness (QED) is 0.940. The van der Waals surface area contributed by atoms with Crippen LogP contribution >= 0.6 is 0 Å². The minimum atomic E-state index is 0.495. The Morgan fingerprint density at radius 1 is 1.33 bits per heavy atom. The number of rotatable bonds is 3. The van der Waals surface area contributed by atoms with Crippen molar-refractivity contribution in [3.8, 4) is 11.5 Å². The van der Waals surface area contributed by atoms with Crippen LogP contribution in [0.4, 0.5) is 5.69 Å². The summed E-state index contributed by atoms with van der Waals surface area (Å²) in [4.78, 5) is 2.43. The molecule has 1 aromatic heterocycles. The zero-order chi connectivity index (χ0) is 14.8. The summed E-state index contributed by atoms with van der Waals surface area (Å²) in [6.45, 7) is 5.72. The topological polar surface area (TPSA) is 54.2 Å². The summed E-state index contributed by atoms with van der Waals surface area (Å²) >= 11 is 0. The fourth-order valence-corrected chi connectivity index (χ4v) is 3.00. The second-order valence-electron chi connectivity index (χ2n) is 6.08. The van der Waals surface area contributed by atoms with Crippen molar-refractivity contribution in [1.82, 2.24) is 15.1 Å². The summed E-state index contributed by atoms with van der Waals surface area (Å²) in [5, 5.41) is 11.4. The van der Waals surface area contributed by atoms with E-state index in [1.807, 2.05) is 12.1 Å². The van der Waals surface area contributed by atoms with E-state index in [0.717, 1.165) is 24.2 Å². The van der Waals surface area contributed by atoms with Gasteiger partial charge in [-0.3, -0.25) is 0 Å². The van der Waals surface area contributed by atoms with Crippen LogP contribution in [0.1, 0.15) is 20.3 Å². The first kappa shape index (κ1) is 14.1. The highest BCUT2D eigenvalue weighted by Gasteiger charge is 2.28. The number of piperidine rings is 1. The molecule has 0 radical (unpaired) electrons. The first-order valence-corrected chi connectivity index (χ1v) is 7.47. The number of anilines is 1. The van der Waals surface area contributed by atoms with Gasteiger partial charge < -0.3 is 14.6 Å². The highest BCUT2D eigenvalue weighted by atomic mass is 16.4. The number of aromatic nitrogens is 2. The molecule has 1 aliphatic rings. The average molecular weight is 286 g/mol. The SMILES string of the molecule is CC1CN(C)C(C)CC1Nc1cccc(-c2nnco2)c1. The van der Waals surface area contributed by atoms with Gasteiger partial charge in [-0.1, -0.05) is 13.0 Å². The molecule has 5 heteroatoms. The predicted molar refractivity (Wildman–Crippen MR) is 83.0 cm³/mol. The van der Waals surface area contributed by atoms with E-state index in [1.54, 1.807) is 0 Å². The summed E-state index contributed by atoms with van der Waals surface area (Å²) in [6, 6.07) is 9.27. The Morgan fingerprint density at radius 3 is 2.95 bits per heavy atom. The van der Waals surface area contributed by atoms with Crippen molar-refractivity contribution in [2.24, 2.45) is 5.92 Å². The third-order valence-electron chi connectivity index (χ3n) is 4.43. The van der Waals surface area contributed by atoms with Crippen LogP contribution in [0.2, 0.25) is 0 Å². The maximum atomic E-state index is 5.26. The molecule has 2 heterocycles. The number of likely N-dealkylation sites (tertiary alicyclic amines) is 1. The van der Waals surface area contributed by atoms with E-state index in [4.69, 9.17) is 4.42 Å². The van der Waals surface area contributed by atoms with Gasteiger partial charge in [0.05, 0.1) is 0 Å². The molecule has 3 rings (SSSR count). The standard InChI is InChI=1S/C16H22N4O/c1-11-9-20(3)12(2)7-15(11)18-14-6-4-5-13(8-14)16-19-17-10-21-16/h4-6,8,10-12,15,18H,7,9H2,1-3H3. The summed E-state index contributed by atoms with van der Waals surface area (Å²) in [5.74, 6) is 1.18. The number of nitrogens with one attached hydrogen (secondary N) is 1. The van der Waals surface area contributed by atoms with Crippen LogP contribution in [0, 0.1) is 5.92 Å². The molecule has 3 atom stereocenters. The van der Waals surface area contributed by atoms with Gasteiger partial charge in [0.25, 0.3) is 0 Å². The molecule has 21 heavy (non-hydrogen) atoms. The Morgan fingerprint density at radius 2 is 2.19 bits per heavy atom. The predicted octanol–water partition coefficient (Wildman–Crippen LogP) is 2.88. The molecule has 0 aliphatic carbocycles. The van der Waals surface area contributed by atoms with E-state index in [9.17, 15) is 0 Å². The van der Waals surface area contributed by atoms with Crippen LogP contribution < -0.4 is 5.32 Å².